The molecule has 12 heteroatoms. The molecule has 0 aliphatic carbocycles. The minimum atomic E-state index is -3.65. The Morgan fingerprint density at radius 1 is 1.00 bits per heavy atom. The van der Waals surface area contributed by atoms with Crippen molar-refractivity contribution in [1.82, 2.24) is 10.3 Å². The van der Waals surface area contributed by atoms with Crippen molar-refractivity contribution in [3.05, 3.63) is 70.2 Å². The molecule has 0 bridgehead atoms. The van der Waals surface area contributed by atoms with E-state index in [1.807, 2.05) is 29.6 Å². The van der Waals surface area contributed by atoms with E-state index in [-0.39, 0.29) is 4.90 Å². The molecule has 164 valence electrons. The van der Waals surface area contributed by atoms with Gasteiger partial charge in [0.05, 0.1) is 10.6 Å². The smallest absolute Gasteiger partial charge is 0.414 e. The maximum absolute atomic E-state index is 11.2. The number of carbonyl (C=O) groups is 2. The zero-order valence-corrected chi connectivity index (χ0v) is 18.2. The van der Waals surface area contributed by atoms with Gasteiger partial charge in [0.15, 0.2) is 0 Å². The van der Waals surface area contributed by atoms with E-state index in [2.05, 4.69) is 10.3 Å². The normalized spacial score (nSPS) is 10.8. The van der Waals surface area contributed by atoms with E-state index in [4.69, 9.17) is 36.5 Å². The zero-order valence-electron chi connectivity index (χ0n) is 15.9. The highest BCUT2D eigenvalue weighted by Gasteiger charge is 2.07. The number of carboxylic acids is 2. The highest BCUT2D eigenvalue weighted by Crippen LogP contribution is 2.25. The molecule has 5 N–H and O–H groups in total. The van der Waals surface area contributed by atoms with Crippen LogP contribution in [0.4, 0.5) is 0 Å². The van der Waals surface area contributed by atoms with Gasteiger partial charge in [-0.2, -0.15) is 0 Å². The maximum atomic E-state index is 11.2. The Morgan fingerprint density at radius 2 is 1.58 bits per heavy atom. The number of aromatic nitrogens is 1. The Labute approximate surface area is 187 Å². The first-order chi connectivity index (χ1) is 14.6. The van der Waals surface area contributed by atoms with Gasteiger partial charge in [0.2, 0.25) is 10.0 Å². The number of primary sulfonamides is 1. The molecule has 0 aliphatic rings. The fourth-order valence-corrected chi connectivity index (χ4v) is 3.71. The van der Waals surface area contributed by atoms with Crippen LogP contribution >= 0.6 is 22.9 Å². The number of hydrogen-bond donors (Lipinski definition) is 4. The number of benzene rings is 2. The van der Waals surface area contributed by atoms with Crippen molar-refractivity contribution < 1.29 is 28.2 Å². The van der Waals surface area contributed by atoms with Gasteiger partial charge < -0.3 is 15.5 Å². The molecule has 0 aliphatic heterocycles. The molecule has 0 unspecified atom stereocenters. The SMILES string of the molecule is NS(=O)(=O)c1ccc(CNCc2csc(-c3ccc(Cl)cc3)n2)cc1.O=C(O)C(=O)O. The minimum absolute atomic E-state index is 0.114. The number of sulfonamides is 1. The number of nitrogens with one attached hydrogen (secondary N) is 1. The lowest BCUT2D eigenvalue weighted by Gasteiger charge is -2.04. The van der Waals surface area contributed by atoms with Gasteiger partial charge in [0, 0.05) is 29.1 Å². The molecule has 3 rings (SSSR count). The monoisotopic (exact) mass is 483 g/mol. The molecule has 1 heterocycles. The summed E-state index contributed by atoms with van der Waals surface area (Å²) in [6.45, 7) is 1.24. The van der Waals surface area contributed by atoms with E-state index in [0.717, 1.165) is 21.8 Å². The third-order valence-electron chi connectivity index (χ3n) is 3.71. The topological polar surface area (TPSA) is 160 Å². The van der Waals surface area contributed by atoms with Crippen LogP contribution in [0.25, 0.3) is 10.6 Å². The Kier molecular flexibility index (Phi) is 8.65. The van der Waals surface area contributed by atoms with Crippen molar-refractivity contribution in [3.63, 3.8) is 0 Å². The van der Waals surface area contributed by atoms with Crippen molar-refractivity contribution in [1.29, 1.82) is 0 Å². The van der Waals surface area contributed by atoms with Crippen LogP contribution in [0.5, 0.6) is 0 Å². The maximum Gasteiger partial charge on any atom is 0.414 e. The summed E-state index contributed by atoms with van der Waals surface area (Å²) in [4.78, 5) is 22.9. The van der Waals surface area contributed by atoms with Crippen molar-refractivity contribution in [2.75, 3.05) is 0 Å². The minimum Gasteiger partial charge on any atom is -0.473 e. The number of thiazole rings is 1. The summed E-state index contributed by atoms with van der Waals surface area (Å²) in [5.41, 5.74) is 2.97. The van der Waals surface area contributed by atoms with Gasteiger partial charge >= 0.3 is 11.9 Å². The molecule has 0 radical (unpaired) electrons. The summed E-state index contributed by atoms with van der Waals surface area (Å²) in [5.74, 6) is -3.65. The number of aliphatic carboxylic acids is 2. The number of hydrogen-bond acceptors (Lipinski definition) is 7. The standard InChI is InChI=1S/C17H16ClN3O2S2.C2H2O4/c18-14-5-3-13(4-6-14)17-21-15(11-24-17)10-20-9-12-1-7-16(8-2-12)25(19,22)23;3-1(4)2(5)6/h1-8,11,20H,9-10H2,(H2,19,22,23);(H,3,4)(H,5,6). The second-order valence-corrected chi connectivity index (χ2v) is 8.91. The first kappa shape index (κ1) is 24.4. The fourth-order valence-electron chi connectivity index (χ4n) is 2.25. The first-order valence-corrected chi connectivity index (χ1v) is 11.4. The van der Waals surface area contributed by atoms with Gasteiger partial charge in [-0.1, -0.05) is 35.9 Å². The molecule has 0 saturated heterocycles. The van der Waals surface area contributed by atoms with E-state index >= 15 is 0 Å². The lowest BCUT2D eigenvalue weighted by Crippen LogP contribution is -2.14. The largest absolute Gasteiger partial charge is 0.473 e. The quantitative estimate of drug-likeness (QED) is 0.389. The molecule has 1 aromatic heterocycles. The highest BCUT2D eigenvalue weighted by molar-refractivity contribution is 7.89. The molecular weight excluding hydrogens is 466 g/mol. The van der Waals surface area contributed by atoms with Gasteiger partial charge in [-0.25, -0.2) is 28.1 Å². The van der Waals surface area contributed by atoms with Gasteiger partial charge in [-0.15, -0.1) is 11.3 Å². The van der Waals surface area contributed by atoms with E-state index in [9.17, 15) is 8.42 Å². The third-order valence-corrected chi connectivity index (χ3v) is 5.83. The van der Waals surface area contributed by atoms with Gasteiger partial charge in [0.1, 0.15) is 5.01 Å². The van der Waals surface area contributed by atoms with Gasteiger partial charge in [-0.05, 0) is 29.8 Å². The second-order valence-electron chi connectivity index (χ2n) is 6.05. The molecule has 0 spiro atoms. The van der Waals surface area contributed by atoms with E-state index in [1.165, 1.54) is 12.1 Å². The molecule has 9 nitrogen and oxygen atoms in total. The average molecular weight is 484 g/mol. The molecule has 0 fully saturated rings. The number of nitrogens with zero attached hydrogens (tertiary/aromatic N) is 1. The summed E-state index contributed by atoms with van der Waals surface area (Å²) in [5, 5.41) is 26.8. The van der Waals surface area contributed by atoms with Crippen LogP contribution in [-0.2, 0) is 32.7 Å². The van der Waals surface area contributed by atoms with Crippen molar-refractivity contribution in [3.8, 4) is 10.6 Å². The van der Waals surface area contributed by atoms with Crippen LogP contribution in [0.1, 0.15) is 11.3 Å². The highest BCUT2D eigenvalue weighted by atomic mass is 35.5. The second kappa shape index (κ2) is 11.0. The van der Waals surface area contributed by atoms with Crippen LogP contribution in [0.3, 0.4) is 0 Å². The summed E-state index contributed by atoms with van der Waals surface area (Å²) in [7, 11) is -3.65. The number of halogens is 1. The fraction of sp³-hybridized carbons (Fsp3) is 0.105. The predicted octanol–water partition coefficient (Wildman–Crippen LogP) is 2.56. The predicted molar refractivity (Wildman–Crippen MR) is 116 cm³/mol. The van der Waals surface area contributed by atoms with Crippen molar-refractivity contribution in [2.45, 2.75) is 18.0 Å². The Bertz CT molecular complexity index is 1130. The van der Waals surface area contributed by atoms with E-state index in [1.54, 1.807) is 23.5 Å². The summed E-state index contributed by atoms with van der Waals surface area (Å²) >= 11 is 7.48. The Hall–Kier alpha value is -2.83. The lowest BCUT2D eigenvalue weighted by atomic mass is 10.2. The Balaban J connectivity index is 0.000000501. The summed E-state index contributed by atoms with van der Waals surface area (Å²) in [6.07, 6.45) is 0. The number of rotatable bonds is 6. The number of nitrogens with two attached hydrogens (primary N) is 1. The summed E-state index contributed by atoms with van der Waals surface area (Å²) < 4.78 is 22.5. The van der Waals surface area contributed by atoms with E-state index in [0.29, 0.717) is 18.1 Å². The van der Waals surface area contributed by atoms with Gasteiger partial charge in [0.25, 0.3) is 0 Å². The van der Waals surface area contributed by atoms with Crippen LogP contribution in [0, 0.1) is 0 Å². The zero-order chi connectivity index (χ0) is 23.0. The molecule has 0 atom stereocenters. The molecule has 0 amide bonds. The molecular formula is C19H18ClN3O6S2. The van der Waals surface area contributed by atoms with Crippen LogP contribution in [-0.4, -0.2) is 35.6 Å². The third kappa shape index (κ3) is 8.07. The van der Waals surface area contributed by atoms with Gasteiger partial charge in [-0.3, -0.25) is 0 Å². The van der Waals surface area contributed by atoms with Crippen LogP contribution in [0.15, 0.2) is 58.8 Å². The van der Waals surface area contributed by atoms with Crippen LogP contribution in [0.2, 0.25) is 5.02 Å². The lowest BCUT2D eigenvalue weighted by molar-refractivity contribution is -0.159. The molecule has 2 aromatic carbocycles. The molecule has 0 saturated carbocycles. The average Bonchev–Trinajstić information content (AvgIpc) is 3.17. The molecule has 3 aromatic rings. The first-order valence-electron chi connectivity index (χ1n) is 8.55. The molecule has 31 heavy (non-hydrogen) atoms. The number of carboxylic acid groups (broad SMARTS) is 2. The van der Waals surface area contributed by atoms with Crippen molar-refractivity contribution in [2.24, 2.45) is 5.14 Å². The summed E-state index contributed by atoms with van der Waals surface area (Å²) in [6, 6.07) is 14.1. The van der Waals surface area contributed by atoms with E-state index < -0.39 is 22.0 Å². The Morgan fingerprint density at radius 3 is 2.10 bits per heavy atom. The van der Waals surface area contributed by atoms with Crippen LogP contribution < -0.4 is 10.5 Å². The van der Waals surface area contributed by atoms with Crippen molar-refractivity contribution >= 4 is 44.9 Å².